The van der Waals surface area contributed by atoms with E-state index in [9.17, 15) is 18.3 Å². The Morgan fingerprint density at radius 1 is 0.974 bits per heavy atom. The van der Waals surface area contributed by atoms with E-state index in [1.54, 1.807) is 24.5 Å². The molecule has 39 heavy (non-hydrogen) atoms. The van der Waals surface area contributed by atoms with Gasteiger partial charge in [-0.05, 0) is 98.7 Å². The Balaban J connectivity index is 1.89. The van der Waals surface area contributed by atoms with E-state index >= 15 is 0 Å². The number of aromatic nitrogens is 2. The number of aryl methyl sites for hydroxylation is 4. The minimum Gasteiger partial charge on any atom is -0.504 e. The lowest BCUT2D eigenvalue weighted by Crippen LogP contribution is -2.25. The summed E-state index contributed by atoms with van der Waals surface area (Å²) in [5, 5.41) is 11.6. The molecule has 0 radical (unpaired) electrons. The van der Waals surface area contributed by atoms with Crippen molar-refractivity contribution in [3.63, 3.8) is 0 Å². The minimum absolute atomic E-state index is 0.0690. The number of nitrogens with one attached hydrogen (secondary N) is 1. The van der Waals surface area contributed by atoms with Crippen LogP contribution in [0.5, 0.6) is 5.75 Å². The van der Waals surface area contributed by atoms with E-state index in [2.05, 4.69) is 16.0 Å². The molecule has 0 aliphatic rings. The van der Waals surface area contributed by atoms with Gasteiger partial charge in [0.2, 0.25) is 9.84 Å². The van der Waals surface area contributed by atoms with Gasteiger partial charge in [-0.15, -0.1) is 0 Å². The molecule has 0 saturated carbocycles. The fraction of sp³-hybridized carbons (Fsp3) is 0.290. The van der Waals surface area contributed by atoms with Crippen LogP contribution in [0.25, 0.3) is 11.1 Å². The highest BCUT2D eigenvalue weighted by Gasteiger charge is 2.31. The second-order valence-corrected chi connectivity index (χ2v) is 11.8. The van der Waals surface area contributed by atoms with Crippen LogP contribution in [0.4, 0.5) is 11.4 Å². The Labute approximate surface area is 230 Å². The number of H-pyrrole nitrogens is 1. The highest BCUT2D eigenvalue weighted by atomic mass is 32.2. The molecule has 0 spiro atoms. The summed E-state index contributed by atoms with van der Waals surface area (Å²) in [6.07, 6.45) is 5.57. The highest BCUT2D eigenvalue weighted by molar-refractivity contribution is 7.91. The molecular formula is C31H35N3O4S. The van der Waals surface area contributed by atoms with Crippen LogP contribution in [-0.4, -0.2) is 30.0 Å². The molecule has 2 aromatic heterocycles. The zero-order chi connectivity index (χ0) is 28.3. The van der Waals surface area contributed by atoms with Gasteiger partial charge in [0.05, 0.1) is 4.90 Å². The maximum absolute atomic E-state index is 13.8. The number of benzene rings is 2. The average Bonchev–Trinajstić information content (AvgIpc) is 2.89. The van der Waals surface area contributed by atoms with E-state index in [1.165, 1.54) is 12.1 Å². The molecular weight excluding hydrogens is 510 g/mol. The van der Waals surface area contributed by atoms with Gasteiger partial charge < -0.3 is 15.0 Å². The lowest BCUT2D eigenvalue weighted by molar-refractivity contribution is 0.454. The molecule has 2 N–H and O–H groups in total. The predicted octanol–water partition coefficient (Wildman–Crippen LogP) is 6.40. The van der Waals surface area contributed by atoms with E-state index in [0.29, 0.717) is 24.3 Å². The van der Waals surface area contributed by atoms with Crippen LogP contribution >= 0.6 is 0 Å². The molecule has 0 saturated heterocycles. The zero-order valence-electron chi connectivity index (χ0n) is 23.1. The van der Waals surface area contributed by atoms with Crippen molar-refractivity contribution in [2.75, 3.05) is 11.4 Å². The van der Waals surface area contributed by atoms with E-state index in [4.69, 9.17) is 0 Å². The highest BCUT2D eigenvalue weighted by Crippen LogP contribution is 2.41. The standard InChI is InChI=1S/C31H35N3O4S/c1-6-8-9-27-28(34(7-2)24-17-20(3)16-21(4)18-24)29(35)30(31(36)33-27)39(37,38)25-12-10-23(11-13-25)26-14-15-32-19-22(26)5/h10-19H,6-9H2,1-5H3,(H2,33,35,36). The number of hydrogen-bond acceptors (Lipinski definition) is 6. The summed E-state index contributed by atoms with van der Waals surface area (Å²) in [4.78, 5) is 21.3. The first-order chi connectivity index (χ1) is 18.6. The van der Waals surface area contributed by atoms with Gasteiger partial charge in [0.25, 0.3) is 5.56 Å². The third kappa shape index (κ3) is 5.61. The number of anilines is 2. The SMILES string of the molecule is CCCCc1[nH]c(=O)c(S(=O)(=O)c2ccc(-c3ccncc3C)cc2)c(O)c1N(CC)c1cc(C)cc(C)c1. The number of pyridine rings is 2. The van der Waals surface area contributed by atoms with Crippen LogP contribution in [0.3, 0.4) is 0 Å². The van der Waals surface area contributed by atoms with Gasteiger partial charge >= 0.3 is 0 Å². The third-order valence-corrected chi connectivity index (χ3v) is 8.65. The number of aromatic amines is 1. The molecule has 8 heteroatoms. The van der Waals surface area contributed by atoms with E-state index in [-0.39, 0.29) is 4.90 Å². The number of nitrogens with zero attached hydrogens (tertiary/aromatic N) is 2. The topological polar surface area (TPSA) is 103 Å². The molecule has 0 bridgehead atoms. The van der Waals surface area contributed by atoms with Crippen molar-refractivity contribution in [3.8, 4) is 16.9 Å². The van der Waals surface area contributed by atoms with E-state index < -0.39 is 26.0 Å². The van der Waals surface area contributed by atoms with Gasteiger partial charge in [0.15, 0.2) is 10.6 Å². The van der Waals surface area contributed by atoms with Gasteiger partial charge in [-0.3, -0.25) is 9.78 Å². The van der Waals surface area contributed by atoms with Crippen molar-refractivity contribution >= 4 is 21.2 Å². The zero-order valence-corrected chi connectivity index (χ0v) is 23.9. The molecule has 0 aliphatic carbocycles. The Morgan fingerprint density at radius 2 is 1.64 bits per heavy atom. The molecule has 2 aromatic carbocycles. The molecule has 7 nitrogen and oxygen atoms in total. The number of sulfone groups is 1. The molecule has 204 valence electrons. The van der Waals surface area contributed by atoms with Crippen molar-refractivity contribution in [2.45, 2.75) is 63.7 Å². The van der Waals surface area contributed by atoms with Crippen LogP contribution in [0, 0.1) is 20.8 Å². The molecule has 0 amide bonds. The van der Waals surface area contributed by atoms with Gasteiger partial charge in [-0.1, -0.05) is 31.5 Å². The fourth-order valence-corrected chi connectivity index (χ4v) is 6.37. The average molecular weight is 546 g/mol. The summed E-state index contributed by atoms with van der Waals surface area (Å²) in [5.74, 6) is -0.528. The van der Waals surface area contributed by atoms with Crippen molar-refractivity contribution in [1.29, 1.82) is 0 Å². The van der Waals surface area contributed by atoms with Crippen LogP contribution in [0.15, 0.2) is 75.5 Å². The molecule has 0 fully saturated rings. The fourth-order valence-electron chi connectivity index (χ4n) is 4.99. The first-order valence-electron chi connectivity index (χ1n) is 13.2. The Morgan fingerprint density at radius 3 is 2.23 bits per heavy atom. The maximum Gasteiger partial charge on any atom is 0.271 e. The quantitative estimate of drug-likeness (QED) is 0.252. The Hall–Kier alpha value is -3.91. The third-order valence-electron chi connectivity index (χ3n) is 6.85. The lowest BCUT2D eigenvalue weighted by atomic mass is 10.0. The van der Waals surface area contributed by atoms with Crippen LogP contribution in [0.1, 0.15) is 49.1 Å². The second kappa shape index (κ2) is 11.5. The Bertz CT molecular complexity index is 1640. The van der Waals surface area contributed by atoms with Crippen molar-refractivity contribution in [2.24, 2.45) is 0 Å². The predicted molar refractivity (Wildman–Crippen MR) is 156 cm³/mol. The van der Waals surface area contributed by atoms with Crippen molar-refractivity contribution < 1.29 is 13.5 Å². The summed E-state index contributed by atoms with van der Waals surface area (Å²) < 4.78 is 27.6. The van der Waals surface area contributed by atoms with Crippen LogP contribution < -0.4 is 10.5 Å². The summed E-state index contributed by atoms with van der Waals surface area (Å²) in [6.45, 7) is 10.3. The van der Waals surface area contributed by atoms with Gasteiger partial charge in [0.1, 0.15) is 5.69 Å². The molecule has 4 rings (SSSR count). The molecule has 0 atom stereocenters. The number of hydrogen-bond donors (Lipinski definition) is 2. The summed E-state index contributed by atoms with van der Waals surface area (Å²) in [6, 6.07) is 14.2. The largest absolute Gasteiger partial charge is 0.504 e. The second-order valence-electron chi connectivity index (χ2n) is 9.87. The van der Waals surface area contributed by atoms with Gasteiger partial charge in [0, 0.05) is 30.3 Å². The van der Waals surface area contributed by atoms with Gasteiger partial charge in [-0.25, -0.2) is 8.42 Å². The van der Waals surface area contributed by atoms with Crippen molar-refractivity contribution in [1.82, 2.24) is 9.97 Å². The number of rotatable bonds is 9. The first kappa shape index (κ1) is 28.1. The first-order valence-corrected chi connectivity index (χ1v) is 14.7. The maximum atomic E-state index is 13.8. The summed E-state index contributed by atoms with van der Waals surface area (Å²) in [5.41, 5.74) is 5.63. The molecule has 0 unspecified atom stereocenters. The lowest BCUT2D eigenvalue weighted by Gasteiger charge is -2.28. The van der Waals surface area contributed by atoms with Crippen molar-refractivity contribution in [3.05, 3.63) is 93.7 Å². The van der Waals surface area contributed by atoms with E-state index in [1.807, 2.05) is 57.7 Å². The molecule has 0 aliphatic heterocycles. The van der Waals surface area contributed by atoms with Gasteiger partial charge in [-0.2, -0.15) is 0 Å². The normalized spacial score (nSPS) is 11.5. The number of aromatic hydroxyl groups is 1. The smallest absolute Gasteiger partial charge is 0.271 e. The van der Waals surface area contributed by atoms with E-state index in [0.717, 1.165) is 46.3 Å². The molecule has 2 heterocycles. The summed E-state index contributed by atoms with van der Waals surface area (Å²) >= 11 is 0. The Kier molecular flexibility index (Phi) is 8.25. The molecule has 4 aromatic rings. The summed E-state index contributed by atoms with van der Waals surface area (Å²) in [7, 11) is -4.34. The minimum atomic E-state index is -4.34. The van der Waals surface area contributed by atoms with Crippen LogP contribution in [-0.2, 0) is 16.3 Å². The number of unbranched alkanes of at least 4 members (excludes halogenated alkanes) is 1. The van der Waals surface area contributed by atoms with Crippen LogP contribution in [0.2, 0.25) is 0 Å². The monoisotopic (exact) mass is 545 g/mol.